The van der Waals surface area contributed by atoms with E-state index < -0.39 is 11.6 Å². The van der Waals surface area contributed by atoms with Crippen LogP contribution in [0.1, 0.15) is 22.8 Å². The summed E-state index contributed by atoms with van der Waals surface area (Å²) in [5, 5.41) is 13.7. The van der Waals surface area contributed by atoms with Gasteiger partial charge in [0.05, 0.1) is 31.5 Å². The van der Waals surface area contributed by atoms with Crippen molar-refractivity contribution >= 4 is 69.7 Å². The second kappa shape index (κ2) is 14.1. The van der Waals surface area contributed by atoms with Crippen LogP contribution < -0.4 is 21.5 Å². The Kier molecular flexibility index (Phi) is 10.0. The number of carbonyl (C=O) groups is 2. The Bertz CT molecular complexity index is 1960. The van der Waals surface area contributed by atoms with E-state index in [2.05, 4.69) is 26.0 Å². The van der Waals surface area contributed by atoms with Crippen molar-refractivity contribution in [3.05, 3.63) is 127 Å². The lowest BCUT2D eigenvalue weighted by molar-refractivity contribution is 0.0951. The SMILES string of the molecule is CCn1nc(-c2cccc(-c3cccc(C(=O)NCc4ccc(Cl)c(Cl)c4)c3)c2)cc(NC(=O)Nc2c(Cl)cncc2Cl)c1=O. The predicted octanol–water partition coefficient (Wildman–Crippen LogP) is 8.18. The van der Waals surface area contributed by atoms with Crippen LogP contribution in [0.15, 0.2) is 90.0 Å². The number of urea groups is 1. The van der Waals surface area contributed by atoms with E-state index in [0.29, 0.717) is 26.9 Å². The van der Waals surface area contributed by atoms with Gasteiger partial charge in [0.1, 0.15) is 5.69 Å². The van der Waals surface area contributed by atoms with Crippen molar-refractivity contribution in [3.63, 3.8) is 0 Å². The van der Waals surface area contributed by atoms with Gasteiger partial charge in [-0.15, -0.1) is 0 Å². The summed E-state index contributed by atoms with van der Waals surface area (Å²) in [4.78, 5) is 42.6. The Labute approximate surface area is 278 Å². The van der Waals surface area contributed by atoms with Crippen LogP contribution in [0.25, 0.3) is 22.4 Å². The molecule has 13 heteroatoms. The second-order valence-corrected chi connectivity index (χ2v) is 11.3. The van der Waals surface area contributed by atoms with Gasteiger partial charge in [-0.3, -0.25) is 14.6 Å². The summed E-state index contributed by atoms with van der Waals surface area (Å²) >= 11 is 24.3. The van der Waals surface area contributed by atoms with Crippen LogP contribution in [0.2, 0.25) is 20.1 Å². The summed E-state index contributed by atoms with van der Waals surface area (Å²) in [6.07, 6.45) is 2.68. The molecule has 2 heterocycles. The zero-order chi connectivity index (χ0) is 32.1. The largest absolute Gasteiger partial charge is 0.348 e. The average Bonchev–Trinajstić information content (AvgIpc) is 3.04. The fraction of sp³-hybridized carbons (Fsp3) is 0.0938. The Morgan fingerprint density at radius 3 is 2.18 bits per heavy atom. The third-order valence-electron chi connectivity index (χ3n) is 6.67. The molecule has 0 unspecified atom stereocenters. The molecule has 0 aliphatic rings. The van der Waals surface area contributed by atoms with Gasteiger partial charge >= 0.3 is 6.03 Å². The first-order chi connectivity index (χ1) is 21.6. The molecule has 0 aliphatic carbocycles. The molecule has 9 nitrogen and oxygen atoms in total. The van der Waals surface area contributed by atoms with Crippen LogP contribution in [-0.4, -0.2) is 26.7 Å². The molecule has 0 saturated carbocycles. The fourth-order valence-corrected chi connectivity index (χ4v) is 5.20. The number of aryl methyl sites for hydroxylation is 1. The number of nitrogens with one attached hydrogen (secondary N) is 3. The summed E-state index contributed by atoms with van der Waals surface area (Å²) < 4.78 is 1.25. The summed E-state index contributed by atoms with van der Waals surface area (Å²) in [5.41, 5.74) is 3.72. The molecule has 0 aliphatic heterocycles. The monoisotopic (exact) mass is 680 g/mol. The molecular weight excluding hydrogens is 658 g/mol. The van der Waals surface area contributed by atoms with Gasteiger partial charge in [0, 0.05) is 36.6 Å². The first-order valence-corrected chi connectivity index (χ1v) is 15.1. The maximum atomic E-state index is 13.0. The predicted molar refractivity (Wildman–Crippen MR) is 180 cm³/mol. The average molecular weight is 682 g/mol. The lowest BCUT2D eigenvalue weighted by Crippen LogP contribution is -2.29. The molecule has 5 rings (SSSR count). The number of aromatic nitrogens is 3. The molecule has 0 fully saturated rings. The standard InChI is InChI=1S/C32H24Cl4N6O3/c1-2-42-31(44)28(39-32(45)40-29-25(35)16-37-17-26(29)36)14-27(41-42)21-7-3-5-19(12-21)20-6-4-8-22(13-20)30(43)38-15-18-9-10-23(33)24(34)11-18/h3-14,16-17H,2,15H2,1H3,(H,38,43)(H2,37,39,40,45). The maximum Gasteiger partial charge on any atom is 0.323 e. The first-order valence-electron chi connectivity index (χ1n) is 13.5. The molecule has 3 amide bonds. The Morgan fingerprint density at radius 2 is 1.47 bits per heavy atom. The molecule has 0 saturated heterocycles. The topological polar surface area (TPSA) is 118 Å². The number of hydrogen-bond donors (Lipinski definition) is 3. The van der Waals surface area contributed by atoms with Gasteiger partial charge in [-0.05, 0) is 60.0 Å². The van der Waals surface area contributed by atoms with Crippen LogP contribution in [-0.2, 0) is 13.1 Å². The van der Waals surface area contributed by atoms with Gasteiger partial charge in [0.15, 0.2) is 0 Å². The van der Waals surface area contributed by atoms with Crippen molar-refractivity contribution in [3.8, 4) is 22.4 Å². The summed E-state index contributed by atoms with van der Waals surface area (Å²) in [6.45, 7) is 2.32. The van der Waals surface area contributed by atoms with Crippen LogP contribution >= 0.6 is 46.4 Å². The van der Waals surface area contributed by atoms with Gasteiger partial charge in [-0.1, -0.05) is 82.8 Å². The number of benzene rings is 3. The van der Waals surface area contributed by atoms with Crippen molar-refractivity contribution in [1.82, 2.24) is 20.1 Å². The number of halogens is 4. The van der Waals surface area contributed by atoms with E-state index in [1.807, 2.05) is 30.3 Å². The normalized spacial score (nSPS) is 10.8. The lowest BCUT2D eigenvalue weighted by Gasteiger charge is -2.13. The number of pyridine rings is 1. The molecule has 3 aromatic carbocycles. The van der Waals surface area contributed by atoms with E-state index in [1.54, 1.807) is 43.3 Å². The Hall–Kier alpha value is -4.41. The highest BCUT2D eigenvalue weighted by Crippen LogP contribution is 2.30. The van der Waals surface area contributed by atoms with Crippen molar-refractivity contribution in [1.29, 1.82) is 0 Å². The van der Waals surface area contributed by atoms with E-state index in [9.17, 15) is 14.4 Å². The number of amides is 3. The molecule has 5 aromatic rings. The highest BCUT2D eigenvalue weighted by atomic mass is 35.5. The highest BCUT2D eigenvalue weighted by Gasteiger charge is 2.16. The van der Waals surface area contributed by atoms with Crippen molar-refractivity contribution in [2.75, 3.05) is 10.6 Å². The molecule has 45 heavy (non-hydrogen) atoms. The lowest BCUT2D eigenvalue weighted by atomic mass is 9.99. The zero-order valence-corrected chi connectivity index (χ0v) is 26.6. The fourth-order valence-electron chi connectivity index (χ4n) is 4.42. The second-order valence-electron chi connectivity index (χ2n) is 9.71. The summed E-state index contributed by atoms with van der Waals surface area (Å²) in [5.74, 6) is -0.251. The number of anilines is 2. The van der Waals surface area contributed by atoms with Crippen LogP contribution in [0, 0.1) is 0 Å². The maximum absolute atomic E-state index is 13.0. The van der Waals surface area contributed by atoms with Gasteiger partial charge in [-0.2, -0.15) is 5.10 Å². The van der Waals surface area contributed by atoms with E-state index in [4.69, 9.17) is 46.4 Å². The quantitative estimate of drug-likeness (QED) is 0.153. The van der Waals surface area contributed by atoms with Crippen molar-refractivity contribution in [2.24, 2.45) is 0 Å². The van der Waals surface area contributed by atoms with Gasteiger partial charge in [0.25, 0.3) is 11.5 Å². The van der Waals surface area contributed by atoms with Gasteiger partial charge < -0.3 is 16.0 Å². The van der Waals surface area contributed by atoms with E-state index in [-0.39, 0.29) is 40.4 Å². The van der Waals surface area contributed by atoms with Crippen molar-refractivity contribution < 1.29 is 9.59 Å². The summed E-state index contributed by atoms with van der Waals surface area (Å²) in [6, 6.07) is 20.6. The number of hydrogen-bond acceptors (Lipinski definition) is 5. The van der Waals surface area contributed by atoms with Gasteiger partial charge in [0.2, 0.25) is 0 Å². The zero-order valence-electron chi connectivity index (χ0n) is 23.6. The first kappa shape index (κ1) is 32.0. The van der Waals surface area contributed by atoms with E-state index in [0.717, 1.165) is 16.7 Å². The molecule has 0 radical (unpaired) electrons. The van der Waals surface area contributed by atoms with E-state index >= 15 is 0 Å². The molecule has 3 N–H and O–H groups in total. The molecule has 228 valence electrons. The number of nitrogens with zero attached hydrogens (tertiary/aromatic N) is 3. The smallest absolute Gasteiger partial charge is 0.323 e. The molecule has 0 atom stereocenters. The molecule has 2 aromatic heterocycles. The Balaban J connectivity index is 1.37. The number of rotatable bonds is 8. The minimum atomic E-state index is -0.718. The van der Waals surface area contributed by atoms with Crippen LogP contribution in [0.3, 0.4) is 0 Å². The highest BCUT2D eigenvalue weighted by molar-refractivity contribution is 6.42. The molecule has 0 spiro atoms. The third kappa shape index (κ3) is 7.64. The van der Waals surface area contributed by atoms with Crippen LogP contribution in [0.4, 0.5) is 16.2 Å². The molecular formula is C32H24Cl4N6O3. The minimum Gasteiger partial charge on any atom is -0.348 e. The third-order valence-corrected chi connectivity index (χ3v) is 7.98. The molecule has 0 bridgehead atoms. The summed E-state index contributed by atoms with van der Waals surface area (Å²) in [7, 11) is 0. The minimum absolute atomic E-state index is 0.00620. The van der Waals surface area contributed by atoms with Crippen molar-refractivity contribution in [2.45, 2.75) is 20.0 Å². The van der Waals surface area contributed by atoms with E-state index in [1.165, 1.54) is 23.1 Å². The Morgan fingerprint density at radius 1 is 0.778 bits per heavy atom. The number of carbonyl (C=O) groups excluding carboxylic acids is 2. The van der Waals surface area contributed by atoms with Gasteiger partial charge in [-0.25, -0.2) is 9.48 Å². The van der Waals surface area contributed by atoms with Crippen LogP contribution in [0.5, 0.6) is 0 Å².